The van der Waals surface area contributed by atoms with Gasteiger partial charge in [-0.2, -0.15) is 0 Å². The Morgan fingerprint density at radius 1 is 0.902 bits per heavy atom. The van der Waals surface area contributed by atoms with Crippen LogP contribution in [0.15, 0.2) is 55.8 Å². The maximum absolute atomic E-state index is 11.9. The maximum Gasteiger partial charge on any atom is 0.257 e. The van der Waals surface area contributed by atoms with Gasteiger partial charge in [0.15, 0.2) is 18.2 Å². The van der Waals surface area contributed by atoms with E-state index in [4.69, 9.17) is 4.74 Å². The molecule has 2 amide bonds. The number of ketones is 3. The molecule has 0 saturated heterocycles. The molecule has 0 aromatic heterocycles. The highest BCUT2D eigenvalue weighted by Gasteiger charge is 2.17. The molecule has 0 bridgehead atoms. The number of nitrogens with zero attached hydrogens (tertiary/aromatic N) is 1. The molecule has 9 nitrogen and oxygen atoms in total. The number of Topliss-reactive ketones (excluding diaryl/α,β-unsaturated/α-hetero) is 3. The fourth-order valence-electron chi connectivity index (χ4n) is 4.38. The zero-order valence-electron chi connectivity index (χ0n) is 33.2. The van der Waals surface area contributed by atoms with Gasteiger partial charge in [-0.3, -0.25) is 24.0 Å². The van der Waals surface area contributed by atoms with Gasteiger partial charge >= 0.3 is 0 Å². The first-order valence-electron chi connectivity index (χ1n) is 18.5. The number of unbranched alkanes of at least 4 members (excludes halogenated alkanes) is 6. The number of benzene rings is 1. The van der Waals surface area contributed by atoms with Crippen LogP contribution in [-0.4, -0.2) is 60.5 Å². The van der Waals surface area contributed by atoms with Crippen LogP contribution in [0.1, 0.15) is 147 Å². The number of carbonyl (C=O) groups is 6. The van der Waals surface area contributed by atoms with Crippen LogP contribution in [-0.2, 0) is 19.2 Å². The summed E-state index contributed by atoms with van der Waals surface area (Å²) in [4.78, 5) is 69.6. The summed E-state index contributed by atoms with van der Waals surface area (Å²) in [6.45, 7) is 25.7. The fraction of sp³-hybridized carbons (Fsp3) is 0.571. The second kappa shape index (κ2) is 33.0. The minimum atomic E-state index is -0.255. The van der Waals surface area contributed by atoms with Gasteiger partial charge in [0.1, 0.15) is 17.8 Å². The number of aldehydes is 1. The van der Waals surface area contributed by atoms with E-state index in [1.807, 2.05) is 34.6 Å². The Hall–Kier alpha value is -4.14. The summed E-state index contributed by atoms with van der Waals surface area (Å²) in [7, 11) is 1.62. The second-order valence-electron chi connectivity index (χ2n) is 12.0. The van der Waals surface area contributed by atoms with E-state index in [0.29, 0.717) is 29.9 Å². The van der Waals surface area contributed by atoms with Crippen molar-refractivity contribution in [3.63, 3.8) is 0 Å². The predicted octanol–water partition coefficient (Wildman–Crippen LogP) is 9.30. The monoisotopic (exact) mass is 713 g/mol. The van der Waals surface area contributed by atoms with Gasteiger partial charge in [0.2, 0.25) is 0 Å². The fourth-order valence-corrected chi connectivity index (χ4v) is 4.38. The van der Waals surface area contributed by atoms with Crippen molar-refractivity contribution >= 4 is 35.5 Å². The summed E-state index contributed by atoms with van der Waals surface area (Å²) in [6.07, 6.45) is 15.2. The molecule has 0 aliphatic rings. The Labute approximate surface area is 309 Å². The standard InChI is InChI=1S/C21H31NO4.C11H20O2.C8H11NO.C2H6/c1-4-5-6-7-8-9-10-14-22-20(25)15-26-19-13-11-12-18(16(2)23)21(19)17(3)24;1-4-9(3)11(13)7-6-10(5-2)8-12;1-5-7(3)8(10)9(4)6-2;1-2/h11-13H,4-10,14-15H2,1-3H3,(H,22,25);8-10H,4-7H2,1-3H3;5-6H,1-3H2,4H3;1-2H3. The second-order valence-corrected chi connectivity index (χ2v) is 12.0. The van der Waals surface area contributed by atoms with Gasteiger partial charge in [0.25, 0.3) is 11.8 Å². The molecular weight excluding hydrogens is 644 g/mol. The number of rotatable bonds is 23. The molecule has 9 heteroatoms. The van der Waals surface area contributed by atoms with Gasteiger partial charge in [-0.15, -0.1) is 0 Å². The van der Waals surface area contributed by atoms with Gasteiger partial charge < -0.3 is 19.7 Å². The molecule has 0 spiro atoms. The van der Waals surface area contributed by atoms with E-state index >= 15 is 0 Å². The smallest absolute Gasteiger partial charge is 0.257 e. The largest absolute Gasteiger partial charge is 0.483 e. The van der Waals surface area contributed by atoms with Crippen molar-refractivity contribution in [2.45, 2.75) is 126 Å². The highest BCUT2D eigenvalue weighted by molar-refractivity contribution is 6.09. The number of likely N-dealkylation sites (N-methyl/N-ethyl adjacent to an activating group) is 1. The van der Waals surface area contributed by atoms with E-state index < -0.39 is 0 Å². The minimum Gasteiger partial charge on any atom is -0.483 e. The van der Waals surface area contributed by atoms with Crippen LogP contribution < -0.4 is 10.1 Å². The SMILES string of the molecule is C=CC(=C)C(=O)N(C)C=C.CC.CCC(C=O)CCC(=O)C(C)CC.CCCCCCCCCNC(=O)COc1cccc(C(C)=O)c1C(C)=O. The van der Waals surface area contributed by atoms with Crippen molar-refractivity contribution in [2.24, 2.45) is 11.8 Å². The van der Waals surface area contributed by atoms with Crippen molar-refractivity contribution < 1.29 is 33.5 Å². The van der Waals surface area contributed by atoms with Gasteiger partial charge in [-0.05, 0) is 51.8 Å². The zero-order valence-corrected chi connectivity index (χ0v) is 33.2. The quantitative estimate of drug-likeness (QED) is 0.0394. The first kappa shape index (κ1) is 51.2. The van der Waals surface area contributed by atoms with Crippen LogP contribution in [0.5, 0.6) is 5.75 Å². The summed E-state index contributed by atoms with van der Waals surface area (Å²) < 4.78 is 5.49. The highest BCUT2D eigenvalue weighted by atomic mass is 16.5. The Morgan fingerprint density at radius 3 is 1.96 bits per heavy atom. The van der Waals surface area contributed by atoms with Crippen molar-refractivity contribution in [1.82, 2.24) is 10.2 Å². The predicted molar refractivity (Wildman–Crippen MR) is 210 cm³/mol. The van der Waals surface area contributed by atoms with Crippen LogP contribution in [0.2, 0.25) is 0 Å². The highest BCUT2D eigenvalue weighted by Crippen LogP contribution is 2.23. The van der Waals surface area contributed by atoms with Crippen molar-refractivity contribution in [1.29, 1.82) is 0 Å². The van der Waals surface area contributed by atoms with Crippen LogP contribution >= 0.6 is 0 Å². The lowest BCUT2D eigenvalue weighted by Gasteiger charge is -2.12. The Bertz CT molecular complexity index is 1220. The van der Waals surface area contributed by atoms with E-state index in [2.05, 4.69) is 32.0 Å². The first-order chi connectivity index (χ1) is 24.2. The molecule has 0 saturated carbocycles. The van der Waals surface area contributed by atoms with Crippen molar-refractivity contribution in [3.05, 3.63) is 66.9 Å². The van der Waals surface area contributed by atoms with E-state index in [1.165, 1.54) is 63.1 Å². The van der Waals surface area contributed by atoms with Crippen molar-refractivity contribution in [2.75, 3.05) is 20.2 Å². The summed E-state index contributed by atoms with van der Waals surface area (Å²) in [6, 6.07) is 4.84. The molecular formula is C42H68N2O7. The topological polar surface area (TPSA) is 127 Å². The number of hydrogen-bond donors (Lipinski definition) is 1. The molecule has 0 aliphatic carbocycles. The van der Waals surface area contributed by atoms with E-state index in [0.717, 1.165) is 38.4 Å². The van der Waals surface area contributed by atoms with Crippen LogP contribution in [0, 0.1) is 11.8 Å². The maximum atomic E-state index is 11.9. The third-order valence-corrected chi connectivity index (χ3v) is 7.97. The third-order valence-electron chi connectivity index (χ3n) is 7.97. The van der Waals surface area contributed by atoms with E-state index in [-0.39, 0.29) is 53.1 Å². The average molecular weight is 713 g/mol. The van der Waals surface area contributed by atoms with Crippen LogP contribution in [0.4, 0.5) is 0 Å². The molecule has 0 heterocycles. The normalized spacial score (nSPS) is 10.8. The first-order valence-corrected chi connectivity index (χ1v) is 18.5. The summed E-state index contributed by atoms with van der Waals surface area (Å²) in [5.41, 5.74) is 0.931. The summed E-state index contributed by atoms with van der Waals surface area (Å²) >= 11 is 0. The zero-order chi connectivity index (χ0) is 39.8. The van der Waals surface area contributed by atoms with Gasteiger partial charge in [-0.25, -0.2) is 0 Å². The number of carbonyl (C=O) groups excluding carboxylic acids is 6. The minimum absolute atomic E-state index is 0.0769. The lowest BCUT2D eigenvalue weighted by atomic mass is 9.94. The molecule has 288 valence electrons. The van der Waals surface area contributed by atoms with Crippen LogP contribution in [0.3, 0.4) is 0 Å². The van der Waals surface area contributed by atoms with Gasteiger partial charge in [0, 0.05) is 43.0 Å². The number of nitrogens with one attached hydrogen (secondary N) is 1. The molecule has 2 atom stereocenters. The van der Waals surface area contributed by atoms with Crippen LogP contribution in [0.25, 0.3) is 0 Å². The molecule has 0 radical (unpaired) electrons. The number of amides is 2. The molecule has 51 heavy (non-hydrogen) atoms. The van der Waals surface area contributed by atoms with Crippen molar-refractivity contribution in [3.8, 4) is 5.75 Å². The lowest BCUT2D eigenvalue weighted by molar-refractivity contribution is -0.124. The van der Waals surface area contributed by atoms with E-state index in [1.54, 1.807) is 25.2 Å². The molecule has 1 N–H and O–H groups in total. The molecule has 1 rings (SSSR count). The molecule has 0 fully saturated rings. The lowest BCUT2D eigenvalue weighted by Crippen LogP contribution is -2.30. The Kier molecular flexibility index (Phi) is 33.2. The third kappa shape index (κ3) is 24.6. The Morgan fingerprint density at radius 2 is 1.49 bits per heavy atom. The number of ether oxygens (including phenoxy) is 1. The molecule has 0 aliphatic heterocycles. The summed E-state index contributed by atoms with van der Waals surface area (Å²) in [5, 5.41) is 2.83. The summed E-state index contributed by atoms with van der Waals surface area (Å²) in [5.74, 6) is -0.0572. The van der Waals surface area contributed by atoms with E-state index in [9.17, 15) is 28.8 Å². The number of hydrogen-bond acceptors (Lipinski definition) is 7. The van der Waals surface area contributed by atoms with Gasteiger partial charge in [0.05, 0.1) is 5.56 Å². The Balaban J connectivity index is -0.000000766. The average Bonchev–Trinajstić information content (AvgIpc) is 3.14. The van der Waals surface area contributed by atoms with Gasteiger partial charge in [-0.1, -0.05) is 118 Å². The molecule has 2 unspecified atom stereocenters. The molecule has 1 aromatic rings. The molecule has 1 aromatic carbocycles.